The summed E-state index contributed by atoms with van der Waals surface area (Å²) in [6.45, 7) is 3.23. The van der Waals surface area contributed by atoms with Crippen molar-refractivity contribution in [2.45, 2.75) is 44.9 Å². The number of hydrogen-bond acceptors (Lipinski definition) is 6. The van der Waals surface area contributed by atoms with Crippen LogP contribution >= 0.6 is 0 Å². The van der Waals surface area contributed by atoms with E-state index in [1.54, 1.807) is 31.2 Å². The zero-order chi connectivity index (χ0) is 18.4. The van der Waals surface area contributed by atoms with E-state index in [2.05, 4.69) is 5.32 Å². The SMILES string of the molecule is CC[C@@H](Oc1ccccc1)C(=O)O[C@H](C)C(=O)N[C@@H]1CCS(=O)(=O)C1. The van der Waals surface area contributed by atoms with Crippen molar-refractivity contribution in [2.24, 2.45) is 0 Å². The average Bonchev–Trinajstić information content (AvgIpc) is 2.91. The van der Waals surface area contributed by atoms with Gasteiger partial charge in [0.15, 0.2) is 22.0 Å². The molecule has 0 unspecified atom stereocenters. The number of ether oxygens (including phenoxy) is 2. The van der Waals surface area contributed by atoms with E-state index in [9.17, 15) is 18.0 Å². The number of carbonyl (C=O) groups is 2. The number of hydrogen-bond donors (Lipinski definition) is 1. The van der Waals surface area contributed by atoms with E-state index in [0.717, 1.165) is 0 Å². The predicted molar refractivity (Wildman–Crippen MR) is 91.9 cm³/mol. The summed E-state index contributed by atoms with van der Waals surface area (Å²) in [7, 11) is -3.08. The number of rotatable bonds is 7. The van der Waals surface area contributed by atoms with E-state index in [1.807, 2.05) is 6.07 Å². The molecule has 1 fully saturated rings. The summed E-state index contributed by atoms with van der Waals surface area (Å²) >= 11 is 0. The molecule has 0 spiro atoms. The third-order valence-corrected chi connectivity index (χ3v) is 5.66. The highest BCUT2D eigenvalue weighted by molar-refractivity contribution is 7.91. The first-order valence-electron chi connectivity index (χ1n) is 8.23. The molecule has 3 atom stereocenters. The molecule has 2 rings (SSSR count). The summed E-state index contributed by atoms with van der Waals surface area (Å²) in [5.74, 6) is -0.610. The molecule has 0 aliphatic carbocycles. The second-order valence-electron chi connectivity index (χ2n) is 6.02. The number of sulfone groups is 1. The fourth-order valence-corrected chi connectivity index (χ4v) is 4.17. The van der Waals surface area contributed by atoms with Gasteiger partial charge in [0.25, 0.3) is 5.91 Å². The van der Waals surface area contributed by atoms with E-state index in [-0.39, 0.29) is 11.5 Å². The summed E-state index contributed by atoms with van der Waals surface area (Å²) in [4.78, 5) is 24.3. The molecule has 0 aromatic heterocycles. The van der Waals surface area contributed by atoms with Gasteiger partial charge in [-0.25, -0.2) is 13.2 Å². The summed E-state index contributed by atoms with van der Waals surface area (Å²) < 4.78 is 33.6. The molecular formula is C17H23NO6S. The van der Waals surface area contributed by atoms with Crippen molar-refractivity contribution in [3.8, 4) is 5.75 Å². The zero-order valence-electron chi connectivity index (χ0n) is 14.3. The van der Waals surface area contributed by atoms with Crippen molar-refractivity contribution in [1.82, 2.24) is 5.32 Å². The average molecular weight is 369 g/mol. The van der Waals surface area contributed by atoms with Gasteiger partial charge in [-0.3, -0.25) is 4.79 Å². The Hall–Kier alpha value is -2.09. The molecule has 1 aliphatic rings. The second-order valence-corrected chi connectivity index (χ2v) is 8.24. The number of para-hydroxylation sites is 1. The maximum absolute atomic E-state index is 12.2. The van der Waals surface area contributed by atoms with Gasteiger partial charge in [0.05, 0.1) is 11.5 Å². The van der Waals surface area contributed by atoms with Crippen LogP contribution in [0.2, 0.25) is 0 Å². The van der Waals surface area contributed by atoms with E-state index < -0.39 is 40.0 Å². The Morgan fingerprint density at radius 2 is 1.96 bits per heavy atom. The molecule has 1 amide bonds. The first-order chi connectivity index (χ1) is 11.8. The highest BCUT2D eigenvalue weighted by Gasteiger charge is 2.31. The number of esters is 1. The zero-order valence-corrected chi connectivity index (χ0v) is 15.1. The third kappa shape index (κ3) is 5.74. The molecule has 8 heteroatoms. The number of amides is 1. The van der Waals surface area contributed by atoms with Crippen LogP contribution in [0.5, 0.6) is 5.75 Å². The minimum absolute atomic E-state index is 0.0644. The highest BCUT2D eigenvalue weighted by Crippen LogP contribution is 2.15. The van der Waals surface area contributed by atoms with Crippen molar-refractivity contribution < 1.29 is 27.5 Å². The molecule has 7 nitrogen and oxygen atoms in total. The monoisotopic (exact) mass is 369 g/mol. The van der Waals surface area contributed by atoms with Gasteiger partial charge in [-0.05, 0) is 31.9 Å². The Morgan fingerprint density at radius 3 is 2.52 bits per heavy atom. The lowest BCUT2D eigenvalue weighted by atomic mass is 10.2. The maximum atomic E-state index is 12.2. The van der Waals surface area contributed by atoms with Gasteiger partial charge in [0, 0.05) is 6.04 Å². The van der Waals surface area contributed by atoms with E-state index >= 15 is 0 Å². The van der Waals surface area contributed by atoms with Crippen LogP contribution in [0.1, 0.15) is 26.7 Å². The number of carbonyl (C=O) groups excluding carboxylic acids is 2. The summed E-state index contributed by atoms with van der Waals surface area (Å²) in [5.41, 5.74) is 0. The number of nitrogens with one attached hydrogen (secondary N) is 1. The topological polar surface area (TPSA) is 98.8 Å². The van der Waals surface area contributed by atoms with Crippen LogP contribution in [-0.2, 0) is 24.2 Å². The standard InChI is InChI=1S/C17H23NO6S/c1-3-15(24-14-7-5-4-6-8-14)17(20)23-12(2)16(19)18-13-9-10-25(21,22)11-13/h4-8,12-13,15H,3,9-11H2,1-2H3,(H,18,19)/t12-,13-,15-/m1/s1. The fourth-order valence-electron chi connectivity index (χ4n) is 2.49. The summed E-state index contributed by atoms with van der Waals surface area (Å²) in [5, 5.41) is 2.61. The first-order valence-corrected chi connectivity index (χ1v) is 10.1. The van der Waals surface area contributed by atoms with Crippen LogP contribution in [0.25, 0.3) is 0 Å². The van der Waals surface area contributed by atoms with Crippen molar-refractivity contribution >= 4 is 21.7 Å². The molecule has 1 aromatic rings. The van der Waals surface area contributed by atoms with E-state index in [4.69, 9.17) is 9.47 Å². The molecule has 1 aromatic carbocycles. The van der Waals surface area contributed by atoms with Gasteiger partial charge >= 0.3 is 5.97 Å². The van der Waals surface area contributed by atoms with Gasteiger partial charge < -0.3 is 14.8 Å². The van der Waals surface area contributed by atoms with Gasteiger partial charge in [0.2, 0.25) is 0 Å². The van der Waals surface area contributed by atoms with Crippen molar-refractivity contribution in [1.29, 1.82) is 0 Å². The molecule has 25 heavy (non-hydrogen) atoms. The van der Waals surface area contributed by atoms with Crippen molar-refractivity contribution in [2.75, 3.05) is 11.5 Å². The quantitative estimate of drug-likeness (QED) is 0.722. The normalized spacial score (nSPS) is 21.1. The van der Waals surface area contributed by atoms with E-state index in [0.29, 0.717) is 18.6 Å². The lowest BCUT2D eigenvalue weighted by molar-refractivity contribution is -0.161. The molecule has 1 saturated heterocycles. The molecular weight excluding hydrogens is 346 g/mol. The van der Waals surface area contributed by atoms with Crippen LogP contribution in [-0.4, -0.2) is 50.0 Å². The molecule has 0 bridgehead atoms. The lowest BCUT2D eigenvalue weighted by Gasteiger charge is -2.20. The summed E-state index contributed by atoms with van der Waals surface area (Å²) in [6.07, 6.45) is -1.07. The van der Waals surface area contributed by atoms with Crippen molar-refractivity contribution in [3.05, 3.63) is 30.3 Å². The van der Waals surface area contributed by atoms with Gasteiger partial charge in [-0.1, -0.05) is 25.1 Å². The van der Waals surface area contributed by atoms with Crippen molar-refractivity contribution in [3.63, 3.8) is 0 Å². The summed E-state index contributed by atoms with van der Waals surface area (Å²) in [6, 6.07) is 8.44. The van der Waals surface area contributed by atoms with Crippen LogP contribution in [0.4, 0.5) is 0 Å². The largest absolute Gasteiger partial charge is 0.479 e. The Balaban J connectivity index is 1.86. The molecule has 1 aliphatic heterocycles. The lowest BCUT2D eigenvalue weighted by Crippen LogP contribution is -2.44. The third-order valence-electron chi connectivity index (χ3n) is 3.90. The Morgan fingerprint density at radius 1 is 1.28 bits per heavy atom. The Labute approximate surface area is 147 Å². The minimum atomic E-state index is -3.08. The highest BCUT2D eigenvalue weighted by atomic mass is 32.2. The first kappa shape index (κ1) is 19.2. The Bertz CT molecular complexity index is 703. The minimum Gasteiger partial charge on any atom is -0.479 e. The van der Waals surface area contributed by atoms with Gasteiger partial charge in [0.1, 0.15) is 5.75 Å². The van der Waals surface area contributed by atoms with Crippen LogP contribution in [0, 0.1) is 0 Å². The molecule has 0 radical (unpaired) electrons. The van der Waals surface area contributed by atoms with Gasteiger partial charge in [-0.2, -0.15) is 0 Å². The molecule has 138 valence electrons. The van der Waals surface area contributed by atoms with E-state index in [1.165, 1.54) is 6.92 Å². The maximum Gasteiger partial charge on any atom is 0.348 e. The number of benzene rings is 1. The predicted octanol–water partition coefficient (Wildman–Crippen LogP) is 1.08. The molecule has 0 saturated carbocycles. The van der Waals surface area contributed by atoms with Crippen LogP contribution < -0.4 is 10.1 Å². The second kappa shape index (κ2) is 8.33. The Kier molecular flexibility index (Phi) is 6.41. The smallest absolute Gasteiger partial charge is 0.348 e. The van der Waals surface area contributed by atoms with Gasteiger partial charge in [-0.15, -0.1) is 0 Å². The fraction of sp³-hybridized carbons (Fsp3) is 0.529. The van der Waals surface area contributed by atoms with Crippen LogP contribution in [0.15, 0.2) is 30.3 Å². The molecule has 1 heterocycles. The van der Waals surface area contributed by atoms with Crippen LogP contribution in [0.3, 0.4) is 0 Å². The molecule has 1 N–H and O–H groups in total.